The summed E-state index contributed by atoms with van der Waals surface area (Å²) in [5, 5.41) is 12.5. The van der Waals surface area contributed by atoms with E-state index < -0.39 is 0 Å². The third-order valence-corrected chi connectivity index (χ3v) is 5.78. The number of aromatic nitrogens is 3. The summed E-state index contributed by atoms with van der Waals surface area (Å²) >= 11 is 2.35. The van der Waals surface area contributed by atoms with Crippen molar-refractivity contribution in [2.45, 2.75) is 18.8 Å². The van der Waals surface area contributed by atoms with E-state index >= 15 is 0 Å². The van der Waals surface area contributed by atoms with Gasteiger partial charge in [-0.3, -0.25) is 0 Å². The molecule has 1 aliphatic rings. The van der Waals surface area contributed by atoms with Crippen LogP contribution < -0.4 is 15.8 Å². The molecule has 3 N–H and O–H groups in total. The molecule has 0 bridgehead atoms. The van der Waals surface area contributed by atoms with Gasteiger partial charge in [-0.25, -0.2) is 4.45 Å². The molecule has 0 spiro atoms. The van der Waals surface area contributed by atoms with E-state index in [-0.39, 0.29) is 0 Å². The van der Waals surface area contributed by atoms with Gasteiger partial charge in [0.25, 0.3) is 0 Å². The van der Waals surface area contributed by atoms with Gasteiger partial charge in [-0.15, -0.1) is 0 Å². The SMILES string of the molecule is COc1cc2c(N)noc2cc1Nc1cc(C2CC2)n(PI)n1. The summed E-state index contributed by atoms with van der Waals surface area (Å²) in [5.41, 5.74) is 8.48. The Kier molecular flexibility index (Phi) is 3.81. The number of rotatable bonds is 5. The Bertz CT molecular complexity index is 874. The first-order chi connectivity index (χ1) is 11.2. The van der Waals surface area contributed by atoms with Crippen molar-refractivity contribution in [3.8, 4) is 5.75 Å². The van der Waals surface area contributed by atoms with Gasteiger partial charge in [0.15, 0.2) is 17.2 Å². The zero-order chi connectivity index (χ0) is 16.0. The van der Waals surface area contributed by atoms with Gasteiger partial charge in [0.1, 0.15) is 5.75 Å². The standard InChI is InChI=1S/C14H15IN5O2P/c1-21-12-4-8-11(22-19-14(8)16)5-9(12)17-13-6-10(7-2-3-7)20(18-13)23-15/h4-7,23H,2-3H2,1H3,(H2,16,19)(H,17,18). The van der Waals surface area contributed by atoms with Crippen molar-refractivity contribution < 1.29 is 9.26 Å². The number of hydrogen-bond acceptors (Lipinski definition) is 6. The van der Waals surface area contributed by atoms with Crippen LogP contribution in [-0.4, -0.2) is 21.8 Å². The number of benzene rings is 1. The van der Waals surface area contributed by atoms with E-state index in [0.717, 1.165) is 16.9 Å². The van der Waals surface area contributed by atoms with E-state index in [0.29, 0.717) is 29.4 Å². The van der Waals surface area contributed by atoms with Crippen LogP contribution in [0.15, 0.2) is 22.7 Å². The molecule has 7 nitrogen and oxygen atoms in total. The van der Waals surface area contributed by atoms with Crippen molar-refractivity contribution in [3.63, 3.8) is 0 Å². The third-order valence-electron chi connectivity index (χ3n) is 3.90. The second-order valence-electron chi connectivity index (χ2n) is 5.47. The van der Waals surface area contributed by atoms with E-state index in [2.05, 4.69) is 48.1 Å². The Morgan fingerprint density at radius 2 is 2.26 bits per heavy atom. The molecule has 0 amide bonds. The number of ether oxygens (including phenoxy) is 1. The molecule has 0 aliphatic heterocycles. The summed E-state index contributed by atoms with van der Waals surface area (Å²) in [5.74, 6) is 2.49. The molecular formula is C14H15IN5O2P. The number of anilines is 3. The first kappa shape index (κ1) is 15.0. The molecule has 1 fully saturated rings. The van der Waals surface area contributed by atoms with Crippen molar-refractivity contribution >= 4 is 56.7 Å². The molecule has 2 aromatic heterocycles. The normalized spacial score (nSPS) is 14.9. The fourth-order valence-corrected chi connectivity index (χ4v) is 4.23. The molecule has 23 heavy (non-hydrogen) atoms. The number of hydrogen-bond donors (Lipinski definition) is 2. The predicted molar refractivity (Wildman–Crippen MR) is 100 cm³/mol. The molecule has 1 atom stereocenters. The largest absolute Gasteiger partial charge is 0.495 e. The maximum atomic E-state index is 5.79. The van der Waals surface area contributed by atoms with Crippen LogP contribution in [0, 0.1) is 0 Å². The Labute approximate surface area is 147 Å². The van der Waals surface area contributed by atoms with Crippen molar-refractivity contribution in [2.24, 2.45) is 0 Å². The molecule has 2 heterocycles. The molecule has 3 aromatic rings. The molecular weight excluding hydrogens is 428 g/mol. The lowest BCUT2D eigenvalue weighted by atomic mass is 10.2. The smallest absolute Gasteiger partial charge is 0.174 e. The first-order valence-electron chi connectivity index (χ1n) is 7.16. The van der Waals surface area contributed by atoms with Crippen molar-refractivity contribution in [2.75, 3.05) is 18.2 Å². The number of nitrogens with zero attached hydrogens (tertiary/aromatic N) is 3. The van der Waals surface area contributed by atoms with Crippen LogP contribution in [0.1, 0.15) is 24.5 Å². The van der Waals surface area contributed by atoms with E-state index in [1.54, 1.807) is 7.11 Å². The molecule has 1 saturated carbocycles. The molecule has 120 valence electrons. The van der Waals surface area contributed by atoms with E-state index in [9.17, 15) is 0 Å². The Balaban J connectivity index is 1.71. The van der Waals surface area contributed by atoms with E-state index in [1.165, 1.54) is 18.5 Å². The van der Waals surface area contributed by atoms with Gasteiger partial charge in [0, 0.05) is 23.7 Å². The summed E-state index contributed by atoms with van der Waals surface area (Å²) < 4.78 is 12.7. The maximum absolute atomic E-state index is 5.79. The molecule has 1 aliphatic carbocycles. The fraction of sp³-hybridized carbons (Fsp3) is 0.286. The predicted octanol–water partition coefficient (Wildman–Crippen LogP) is 4.03. The molecule has 9 heteroatoms. The Hall–Kier alpha value is -1.54. The van der Waals surface area contributed by atoms with Crippen LogP contribution >= 0.6 is 28.4 Å². The summed E-state index contributed by atoms with van der Waals surface area (Å²) in [6.07, 6.45) is 3.09. The van der Waals surface area contributed by atoms with Gasteiger partial charge < -0.3 is 20.3 Å². The minimum absolute atomic E-state index is 0.358. The lowest BCUT2D eigenvalue weighted by molar-refractivity contribution is 0.417. The van der Waals surface area contributed by atoms with Crippen molar-refractivity contribution in [1.82, 2.24) is 14.7 Å². The number of nitrogens with two attached hydrogens (primary N) is 1. The summed E-state index contributed by atoms with van der Waals surface area (Å²) in [4.78, 5) is 0. The minimum atomic E-state index is 0.358. The monoisotopic (exact) mass is 443 g/mol. The number of nitrogens with one attached hydrogen (secondary N) is 1. The first-order valence-corrected chi connectivity index (χ1v) is 11.2. The number of fused-ring (bicyclic) bond motifs is 1. The lowest BCUT2D eigenvalue weighted by Gasteiger charge is -2.09. The van der Waals surface area contributed by atoms with Gasteiger partial charge in [0.05, 0.1) is 24.6 Å². The van der Waals surface area contributed by atoms with Gasteiger partial charge >= 0.3 is 0 Å². The molecule has 1 unspecified atom stereocenters. The number of methoxy groups -OCH3 is 1. The van der Waals surface area contributed by atoms with Gasteiger partial charge in [-0.05, 0) is 40.9 Å². The highest BCUT2D eigenvalue weighted by Gasteiger charge is 2.28. The topological polar surface area (TPSA) is 91.1 Å². The van der Waals surface area contributed by atoms with Crippen LogP contribution in [-0.2, 0) is 0 Å². The second kappa shape index (κ2) is 5.83. The minimum Gasteiger partial charge on any atom is -0.495 e. The van der Waals surface area contributed by atoms with E-state index in [4.69, 9.17) is 15.0 Å². The van der Waals surface area contributed by atoms with Crippen LogP contribution in [0.5, 0.6) is 5.75 Å². The lowest BCUT2D eigenvalue weighted by Crippen LogP contribution is -1.96. The van der Waals surface area contributed by atoms with Gasteiger partial charge in [-0.2, -0.15) is 5.10 Å². The average Bonchev–Trinajstić information content (AvgIpc) is 3.24. The van der Waals surface area contributed by atoms with Crippen molar-refractivity contribution in [1.29, 1.82) is 0 Å². The van der Waals surface area contributed by atoms with Crippen LogP contribution in [0.25, 0.3) is 11.0 Å². The highest BCUT2D eigenvalue weighted by Crippen LogP contribution is 2.44. The summed E-state index contributed by atoms with van der Waals surface area (Å²) in [6.45, 7) is 0. The van der Waals surface area contributed by atoms with Crippen LogP contribution in [0.4, 0.5) is 17.3 Å². The summed E-state index contributed by atoms with van der Waals surface area (Å²) in [7, 11) is 1.62. The maximum Gasteiger partial charge on any atom is 0.174 e. The highest BCUT2D eigenvalue weighted by atomic mass is 127. The average molecular weight is 443 g/mol. The zero-order valence-electron chi connectivity index (χ0n) is 12.3. The second-order valence-corrected chi connectivity index (χ2v) is 7.51. The van der Waals surface area contributed by atoms with Crippen LogP contribution in [0.3, 0.4) is 0 Å². The number of halogens is 1. The van der Waals surface area contributed by atoms with E-state index in [1.807, 2.05) is 12.1 Å². The highest BCUT2D eigenvalue weighted by molar-refractivity contribution is 14.2. The summed E-state index contributed by atoms with van der Waals surface area (Å²) in [6, 6.07) is 5.77. The molecule has 0 saturated heterocycles. The third kappa shape index (κ3) is 2.74. The quantitative estimate of drug-likeness (QED) is 0.457. The molecule has 0 radical (unpaired) electrons. The fourth-order valence-electron chi connectivity index (χ4n) is 2.58. The zero-order valence-corrected chi connectivity index (χ0v) is 15.5. The Morgan fingerprint density at radius 3 is 2.96 bits per heavy atom. The molecule has 1 aromatic carbocycles. The Morgan fingerprint density at radius 1 is 1.43 bits per heavy atom. The van der Waals surface area contributed by atoms with Crippen molar-refractivity contribution in [3.05, 3.63) is 23.9 Å². The van der Waals surface area contributed by atoms with Gasteiger partial charge in [0.2, 0.25) is 0 Å². The number of nitrogen functional groups attached to an aromatic ring is 1. The van der Waals surface area contributed by atoms with Gasteiger partial charge in [-0.1, -0.05) is 5.16 Å². The molecule has 4 rings (SSSR count). The van der Waals surface area contributed by atoms with Crippen LogP contribution in [0.2, 0.25) is 0 Å².